The maximum Gasteiger partial charge on any atom is 0.254 e. The fourth-order valence-electron chi connectivity index (χ4n) is 3.27. The molecule has 0 unspecified atom stereocenters. The first-order chi connectivity index (χ1) is 16.2. The molecule has 0 fully saturated rings. The molecule has 0 bridgehead atoms. The monoisotopic (exact) mass is 461 g/mol. The first-order valence-electron chi connectivity index (χ1n) is 10.6. The minimum absolute atomic E-state index is 0.0173. The van der Waals surface area contributed by atoms with Crippen molar-refractivity contribution in [1.82, 2.24) is 10.1 Å². The first kappa shape index (κ1) is 24.2. The van der Waals surface area contributed by atoms with Crippen LogP contribution in [0.1, 0.15) is 30.7 Å². The highest BCUT2D eigenvalue weighted by Gasteiger charge is 2.17. The number of hydrogen-bond donors (Lipinski definition) is 4. The number of nitrogens with zero attached hydrogens (tertiary/aromatic N) is 3. The van der Waals surface area contributed by atoms with Gasteiger partial charge >= 0.3 is 0 Å². The summed E-state index contributed by atoms with van der Waals surface area (Å²) in [6.07, 6.45) is 1.78. The third kappa shape index (κ3) is 5.85. The lowest BCUT2D eigenvalue weighted by atomic mass is 10.0. The van der Waals surface area contributed by atoms with Crippen molar-refractivity contribution in [3.8, 4) is 11.3 Å². The topological polar surface area (TPSA) is 176 Å². The highest BCUT2D eigenvalue weighted by atomic mass is 16.5. The number of aliphatic imine (C=N–C) groups is 1. The molecule has 3 aromatic rings. The zero-order valence-electron chi connectivity index (χ0n) is 19.2. The van der Waals surface area contributed by atoms with Gasteiger partial charge in [-0.25, -0.2) is 0 Å². The lowest BCUT2D eigenvalue weighted by Gasteiger charge is -2.11. The van der Waals surface area contributed by atoms with E-state index in [0.717, 1.165) is 16.8 Å². The number of hydrogen-bond acceptors (Lipinski definition) is 7. The second-order valence-electron chi connectivity index (χ2n) is 7.90. The van der Waals surface area contributed by atoms with E-state index >= 15 is 0 Å². The van der Waals surface area contributed by atoms with E-state index in [-0.39, 0.29) is 41.4 Å². The molecule has 176 valence electrons. The molecule has 0 saturated heterocycles. The Morgan fingerprint density at radius 3 is 2.44 bits per heavy atom. The lowest BCUT2D eigenvalue weighted by molar-refractivity contribution is -0.116. The SMILES string of the molecule is Cc1ncccc1-c1cc(NC(=O)Cc2ccc(C(N)=C(C(N)=O)C(N)=NC(C)C)cc2)on1. The van der Waals surface area contributed by atoms with Gasteiger partial charge in [0.2, 0.25) is 11.8 Å². The fraction of sp³-hybridized carbons (Fsp3) is 0.208. The molecule has 2 aromatic heterocycles. The summed E-state index contributed by atoms with van der Waals surface area (Å²) in [5.41, 5.74) is 21.1. The Morgan fingerprint density at radius 1 is 1.12 bits per heavy atom. The van der Waals surface area contributed by atoms with Crippen molar-refractivity contribution in [2.75, 3.05) is 5.32 Å². The number of amidine groups is 1. The molecule has 7 N–H and O–H groups in total. The molecule has 0 spiro atoms. The molecule has 10 heteroatoms. The van der Waals surface area contributed by atoms with Gasteiger partial charge in [0.15, 0.2) is 0 Å². The van der Waals surface area contributed by atoms with Crippen LogP contribution < -0.4 is 22.5 Å². The Bertz CT molecular complexity index is 1260. The van der Waals surface area contributed by atoms with Gasteiger partial charge < -0.3 is 21.7 Å². The normalized spacial score (nSPS) is 12.4. The Morgan fingerprint density at radius 2 is 1.82 bits per heavy atom. The summed E-state index contributed by atoms with van der Waals surface area (Å²) in [6.45, 7) is 5.51. The summed E-state index contributed by atoms with van der Waals surface area (Å²) >= 11 is 0. The number of aryl methyl sites for hydroxylation is 1. The Labute approximate surface area is 196 Å². The van der Waals surface area contributed by atoms with Crippen molar-refractivity contribution in [3.63, 3.8) is 0 Å². The Balaban J connectivity index is 1.70. The van der Waals surface area contributed by atoms with Gasteiger partial charge in [-0.3, -0.25) is 24.9 Å². The van der Waals surface area contributed by atoms with E-state index in [4.69, 9.17) is 21.7 Å². The number of rotatable bonds is 8. The van der Waals surface area contributed by atoms with Crippen LogP contribution in [-0.4, -0.2) is 33.8 Å². The van der Waals surface area contributed by atoms with Crippen LogP contribution >= 0.6 is 0 Å². The van der Waals surface area contributed by atoms with E-state index < -0.39 is 5.91 Å². The molecule has 0 aliphatic rings. The van der Waals surface area contributed by atoms with Gasteiger partial charge in [0.05, 0.1) is 12.1 Å². The Hall–Kier alpha value is -4.47. The van der Waals surface area contributed by atoms with Crippen molar-refractivity contribution in [2.24, 2.45) is 22.2 Å². The molecular formula is C24H27N7O3. The molecule has 0 radical (unpaired) electrons. The molecule has 0 aliphatic carbocycles. The second-order valence-corrected chi connectivity index (χ2v) is 7.90. The number of carbonyl (C=O) groups excluding carboxylic acids is 2. The number of amides is 2. The van der Waals surface area contributed by atoms with Crippen molar-refractivity contribution in [2.45, 2.75) is 33.2 Å². The van der Waals surface area contributed by atoms with Crippen LogP contribution in [0, 0.1) is 6.92 Å². The molecule has 0 saturated carbocycles. The number of carbonyl (C=O) groups is 2. The van der Waals surface area contributed by atoms with Gasteiger partial charge in [-0.2, -0.15) is 0 Å². The summed E-state index contributed by atoms with van der Waals surface area (Å²) in [7, 11) is 0. The summed E-state index contributed by atoms with van der Waals surface area (Å²) in [6, 6.07) is 12.0. The molecule has 1 aromatic carbocycles. The predicted octanol–water partition coefficient (Wildman–Crippen LogP) is 2.15. The van der Waals surface area contributed by atoms with E-state index in [1.165, 1.54) is 0 Å². The minimum Gasteiger partial charge on any atom is -0.397 e. The highest BCUT2D eigenvalue weighted by Crippen LogP contribution is 2.23. The number of primary amides is 1. The van der Waals surface area contributed by atoms with Crippen molar-refractivity contribution < 1.29 is 14.1 Å². The number of nitrogens with one attached hydrogen (secondary N) is 1. The molecule has 2 amide bonds. The van der Waals surface area contributed by atoms with Gasteiger partial charge in [0.25, 0.3) is 5.91 Å². The van der Waals surface area contributed by atoms with Crippen LogP contribution in [0.25, 0.3) is 17.0 Å². The van der Waals surface area contributed by atoms with E-state index in [9.17, 15) is 9.59 Å². The molecule has 0 atom stereocenters. The third-order valence-corrected chi connectivity index (χ3v) is 4.85. The lowest BCUT2D eigenvalue weighted by Crippen LogP contribution is -2.30. The van der Waals surface area contributed by atoms with Crippen LogP contribution in [0.2, 0.25) is 0 Å². The summed E-state index contributed by atoms with van der Waals surface area (Å²) < 4.78 is 5.23. The van der Waals surface area contributed by atoms with Crippen LogP contribution in [0.5, 0.6) is 0 Å². The van der Waals surface area contributed by atoms with Crippen LogP contribution in [-0.2, 0) is 16.0 Å². The smallest absolute Gasteiger partial charge is 0.254 e. The number of anilines is 1. The van der Waals surface area contributed by atoms with E-state index in [1.807, 2.05) is 26.8 Å². The number of aromatic nitrogens is 2. The molecule has 2 heterocycles. The zero-order valence-corrected chi connectivity index (χ0v) is 19.2. The molecular weight excluding hydrogens is 434 g/mol. The largest absolute Gasteiger partial charge is 0.397 e. The molecule has 10 nitrogen and oxygen atoms in total. The van der Waals surface area contributed by atoms with E-state index in [2.05, 4.69) is 20.4 Å². The van der Waals surface area contributed by atoms with Gasteiger partial charge in [-0.05, 0) is 44.0 Å². The average Bonchev–Trinajstić information content (AvgIpc) is 3.21. The molecule has 0 aliphatic heterocycles. The molecule has 3 rings (SSSR count). The van der Waals surface area contributed by atoms with Crippen LogP contribution in [0.15, 0.2) is 63.8 Å². The van der Waals surface area contributed by atoms with Gasteiger partial charge in [-0.15, -0.1) is 0 Å². The molecule has 34 heavy (non-hydrogen) atoms. The quantitative estimate of drug-likeness (QED) is 0.226. The second kappa shape index (κ2) is 10.4. The standard InChI is InChI=1S/C24H27N7O3/c1-13(2)29-23(26)21(24(27)33)22(25)16-8-6-15(7-9-16)11-19(32)30-20-12-18(31-34-20)17-5-4-10-28-14(17)3/h4-10,12-13H,11,25H2,1-3H3,(H2,26,29)(H2,27,33)(H,30,32). The number of benzene rings is 1. The van der Waals surface area contributed by atoms with Gasteiger partial charge in [-0.1, -0.05) is 29.4 Å². The average molecular weight is 462 g/mol. The maximum atomic E-state index is 12.5. The third-order valence-electron chi connectivity index (χ3n) is 4.85. The number of pyridine rings is 1. The van der Waals surface area contributed by atoms with Crippen LogP contribution in [0.4, 0.5) is 5.88 Å². The van der Waals surface area contributed by atoms with Crippen molar-refractivity contribution in [3.05, 3.63) is 71.1 Å². The van der Waals surface area contributed by atoms with Gasteiger partial charge in [0, 0.05) is 29.6 Å². The first-order valence-corrected chi connectivity index (χ1v) is 10.6. The Kier molecular flexibility index (Phi) is 7.42. The summed E-state index contributed by atoms with van der Waals surface area (Å²) in [5.74, 6) is -0.835. The highest BCUT2D eigenvalue weighted by molar-refractivity contribution is 6.24. The summed E-state index contributed by atoms with van der Waals surface area (Å²) in [5, 5.41) is 6.68. The zero-order chi connectivity index (χ0) is 24.8. The fourth-order valence-corrected chi connectivity index (χ4v) is 3.27. The van der Waals surface area contributed by atoms with Crippen molar-refractivity contribution in [1.29, 1.82) is 0 Å². The van der Waals surface area contributed by atoms with Crippen LogP contribution in [0.3, 0.4) is 0 Å². The summed E-state index contributed by atoms with van der Waals surface area (Å²) in [4.78, 5) is 32.7. The minimum atomic E-state index is -0.768. The maximum absolute atomic E-state index is 12.5. The van der Waals surface area contributed by atoms with E-state index in [0.29, 0.717) is 11.3 Å². The number of nitrogens with two attached hydrogens (primary N) is 3. The van der Waals surface area contributed by atoms with Gasteiger partial charge in [0.1, 0.15) is 17.1 Å². The van der Waals surface area contributed by atoms with Crippen molar-refractivity contribution >= 4 is 29.2 Å². The predicted molar refractivity (Wildman–Crippen MR) is 130 cm³/mol. The van der Waals surface area contributed by atoms with E-state index in [1.54, 1.807) is 42.6 Å².